The van der Waals surface area contributed by atoms with Gasteiger partial charge in [-0.2, -0.15) is 0 Å². The SMILES string of the molecule is CC(=O)O[C@@H]1[C@@H](OC(C)=O)[C@@H](Oc2cc(C)c(-c3cccnc3)c(C)c2)SC[C@H]1OC(C)=O. The highest BCUT2D eigenvalue weighted by atomic mass is 32.2. The summed E-state index contributed by atoms with van der Waals surface area (Å²) in [6.45, 7) is 7.75. The number of hydrogen-bond donors (Lipinski definition) is 0. The van der Waals surface area contributed by atoms with Gasteiger partial charge in [-0.25, -0.2) is 0 Å². The average molecular weight is 474 g/mol. The number of carbonyl (C=O) groups is 3. The molecule has 1 saturated heterocycles. The van der Waals surface area contributed by atoms with Crippen LogP contribution in [0.15, 0.2) is 36.7 Å². The number of aryl methyl sites for hydroxylation is 2. The molecule has 1 fully saturated rings. The van der Waals surface area contributed by atoms with Crippen molar-refractivity contribution >= 4 is 29.7 Å². The summed E-state index contributed by atoms with van der Waals surface area (Å²) in [5.74, 6) is -0.761. The van der Waals surface area contributed by atoms with Crippen molar-refractivity contribution in [3.05, 3.63) is 47.8 Å². The fourth-order valence-electron chi connectivity index (χ4n) is 3.90. The van der Waals surface area contributed by atoms with E-state index in [4.69, 9.17) is 18.9 Å². The maximum absolute atomic E-state index is 11.8. The molecule has 0 amide bonds. The molecule has 1 aliphatic heterocycles. The van der Waals surface area contributed by atoms with Crippen molar-refractivity contribution in [2.24, 2.45) is 0 Å². The van der Waals surface area contributed by atoms with Crippen molar-refractivity contribution in [2.75, 3.05) is 5.75 Å². The van der Waals surface area contributed by atoms with Gasteiger partial charge in [0.1, 0.15) is 5.75 Å². The second-order valence-corrected chi connectivity index (χ2v) is 8.92. The molecule has 0 bridgehead atoms. The van der Waals surface area contributed by atoms with Crippen LogP contribution in [0.25, 0.3) is 11.1 Å². The van der Waals surface area contributed by atoms with E-state index in [-0.39, 0.29) is 0 Å². The average Bonchev–Trinajstić information content (AvgIpc) is 2.71. The van der Waals surface area contributed by atoms with Crippen molar-refractivity contribution < 1.29 is 33.3 Å². The maximum Gasteiger partial charge on any atom is 0.303 e. The Labute approximate surface area is 197 Å². The first-order chi connectivity index (χ1) is 15.7. The van der Waals surface area contributed by atoms with Gasteiger partial charge in [0.25, 0.3) is 0 Å². The fraction of sp³-hybridized carbons (Fsp3) is 0.417. The molecule has 33 heavy (non-hydrogen) atoms. The summed E-state index contributed by atoms with van der Waals surface area (Å²) in [6, 6.07) is 7.69. The van der Waals surface area contributed by atoms with Crippen LogP contribution in [0.2, 0.25) is 0 Å². The maximum atomic E-state index is 11.8. The van der Waals surface area contributed by atoms with Gasteiger partial charge in [-0.3, -0.25) is 19.4 Å². The number of benzene rings is 1. The van der Waals surface area contributed by atoms with E-state index in [1.54, 1.807) is 6.20 Å². The van der Waals surface area contributed by atoms with Gasteiger partial charge in [0.2, 0.25) is 0 Å². The fourth-order valence-corrected chi connectivity index (χ4v) is 5.12. The minimum Gasteiger partial charge on any atom is -0.476 e. The summed E-state index contributed by atoms with van der Waals surface area (Å²) in [5.41, 5.74) is 3.39. The lowest BCUT2D eigenvalue weighted by atomic mass is 9.96. The topological polar surface area (TPSA) is 101 Å². The first-order valence-corrected chi connectivity index (χ1v) is 11.5. The van der Waals surface area contributed by atoms with Crippen LogP contribution < -0.4 is 4.74 Å². The number of hydrogen-bond acceptors (Lipinski definition) is 9. The van der Waals surface area contributed by atoms with Gasteiger partial charge in [0.15, 0.2) is 23.7 Å². The Morgan fingerprint density at radius 3 is 2.09 bits per heavy atom. The Hall–Kier alpha value is -3.07. The normalized spacial score (nSPS) is 22.2. The van der Waals surface area contributed by atoms with Gasteiger partial charge in [0, 0.05) is 44.5 Å². The third-order valence-electron chi connectivity index (χ3n) is 5.01. The monoisotopic (exact) mass is 473 g/mol. The van der Waals surface area contributed by atoms with E-state index in [0.717, 1.165) is 22.3 Å². The van der Waals surface area contributed by atoms with Crippen molar-refractivity contribution in [2.45, 2.75) is 58.4 Å². The summed E-state index contributed by atoms with van der Waals surface area (Å²) in [4.78, 5) is 39.3. The lowest BCUT2D eigenvalue weighted by molar-refractivity contribution is -0.186. The Bertz CT molecular complexity index is 1000. The van der Waals surface area contributed by atoms with E-state index < -0.39 is 41.7 Å². The minimum atomic E-state index is -0.988. The first-order valence-electron chi connectivity index (χ1n) is 10.5. The number of nitrogens with zero attached hydrogens (tertiary/aromatic N) is 1. The molecule has 0 unspecified atom stereocenters. The van der Waals surface area contributed by atoms with E-state index in [1.807, 2.05) is 44.3 Å². The Morgan fingerprint density at radius 2 is 1.55 bits per heavy atom. The second-order valence-electron chi connectivity index (χ2n) is 7.79. The van der Waals surface area contributed by atoms with Crippen LogP contribution in [-0.2, 0) is 28.6 Å². The van der Waals surface area contributed by atoms with E-state index >= 15 is 0 Å². The minimum absolute atomic E-state index is 0.311. The van der Waals surface area contributed by atoms with Gasteiger partial charge in [-0.05, 0) is 48.7 Å². The molecule has 8 nitrogen and oxygen atoms in total. The zero-order chi connectivity index (χ0) is 24.1. The summed E-state index contributed by atoms with van der Waals surface area (Å²) in [5, 5.41) is 0. The smallest absolute Gasteiger partial charge is 0.303 e. The number of esters is 3. The third kappa shape index (κ3) is 6.25. The lowest BCUT2D eigenvalue weighted by Gasteiger charge is -2.40. The number of rotatable bonds is 6. The predicted molar refractivity (Wildman–Crippen MR) is 123 cm³/mol. The summed E-state index contributed by atoms with van der Waals surface area (Å²) >= 11 is 1.32. The molecule has 1 aliphatic rings. The molecular formula is C24H27NO7S. The van der Waals surface area contributed by atoms with Crippen LogP contribution in [0, 0.1) is 13.8 Å². The second kappa shape index (κ2) is 10.7. The Kier molecular flexibility index (Phi) is 7.97. The van der Waals surface area contributed by atoms with E-state index in [0.29, 0.717) is 11.5 Å². The van der Waals surface area contributed by atoms with E-state index in [2.05, 4.69) is 4.98 Å². The zero-order valence-corrected chi connectivity index (χ0v) is 20.0. The molecule has 3 rings (SSSR count). The van der Waals surface area contributed by atoms with Crippen LogP contribution in [0.4, 0.5) is 0 Å². The van der Waals surface area contributed by atoms with Gasteiger partial charge in [-0.1, -0.05) is 6.07 Å². The molecule has 0 aliphatic carbocycles. The van der Waals surface area contributed by atoms with E-state index in [1.165, 1.54) is 32.5 Å². The summed E-state index contributed by atoms with van der Waals surface area (Å²) in [6.07, 6.45) is 0.815. The van der Waals surface area contributed by atoms with Gasteiger partial charge >= 0.3 is 17.9 Å². The number of thioether (sulfide) groups is 1. The molecule has 9 heteroatoms. The van der Waals surface area contributed by atoms with Gasteiger partial charge in [-0.15, -0.1) is 11.8 Å². The highest BCUT2D eigenvalue weighted by Gasteiger charge is 2.47. The molecule has 4 atom stereocenters. The van der Waals surface area contributed by atoms with Gasteiger partial charge < -0.3 is 18.9 Å². The van der Waals surface area contributed by atoms with Crippen molar-refractivity contribution in [1.29, 1.82) is 0 Å². The van der Waals surface area contributed by atoms with Crippen molar-refractivity contribution in [3.63, 3.8) is 0 Å². The van der Waals surface area contributed by atoms with Crippen molar-refractivity contribution in [3.8, 4) is 16.9 Å². The summed E-state index contributed by atoms with van der Waals surface area (Å²) < 4.78 is 22.5. The molecule has 2 heterocycles. The van der Waals surface area contributed by atoms with Gasteiger partial charge in [0.05, 0.1) is 0 Å². The first kappa shape index (κ1) is 24.6. The molecule has 2 aromatic rings. The molecule has 176 valence electrons. The molecule has 0 spiro atoms. The number of carbonyl (C=O) groups excluding carboxylic acids is 3. The highest BCUT2D eigenvalue weighted by molar-refractivity contribution is 7.99. The van der Waals surface area contributed by atoms with Crippen LogP contribution >= 0.6 is 11.8 Å². The molecule has 0 N–H and O–H groups in total. The zero-order valence-electron chi connectivity index (χ0n) is 19.2. The third-order valence-corrected chi connectivity index (χ3v) is 6.23. The quantitative estimate of drug-likeness (QED) is 0.460. The molecule has 0 radical (unpaired) electrons. The highest BCUT2D eigenvalue weighted by Crippen LogP contribution is 2.36. The molecular weight excluding hydrogens is 446 g/mol. The number of ether oxygens (including phenoxy) is 4. The largest absolute Gasteiger partial charge is 0.476 e. The van der Waals surface area contributed by atoms with E-state index in [9.17, 15) is 14.4 Å². The van der Waals surface area contributed by atoms with Crippen LogP contribution in [0.5, 0.6) is 5.75 Å². The molecule has 1 aromatic carbocycles. The predicted octanol–water partition coefficient (Wildman–Crippen LogP) is 3.61. The summed E-state index contributed by atoms with van der Waals surface area (Å²) in [7, 11) is 0. The lowest BCUT2D eigenvalue weighted by Crippen LogP contribution is -2.55. The van der Waals surface area contributed by atoms with Crippen LogP contribution in [0.1, 0.15) is 31.9 Å². The van der Waals surface area contributed by atoms with Crippen molar-refractivity contribution in [1.82, 2.24) is 4.98 Å². The Morgan fingerprint density at radius 1 is 0.939 bits per heavy atom. The standard InChI is InChI=1S/C24H27NO7S/c1-13-9-19(10-14(2)21(13)18-7-6-8-25-11-18)32-24-23(31-17(5)28)22(30-16(4)27)20(12-33-24)29-15(3)26/h6-11,20,22-24H,12H2,1-5H3/t20-,22+,23-,24+/m1/s1. The van der Waals surface area contributed by atoms with Crippen LogP contribution in [-0.4, -0.2) is 52.4 Å². The molecule has 1 aromatic heterocycles. The van der Waals surface area contributed by atoms with Crippen LogP contribution in [0.3, 0.4) is 0 Å². The number of pyridine rings is 1. The molecule has 0 saturated carbocycles. The Balaban J connectivity index is 1.90. The number of aromatic nitrogens is 1.